The number of carboxylic acid groups (broad SMARTS) is 2. The van der Waals surface area contributed by atoms with Gasteiger partial charge in [0.1, 0.15) is 24.1 Å². The van der Waals surface area contributed by atoms with Gasteiger partial charge in [0.15, 0.2) is 0 Å². The van der Waals surface area contributed by atoms with Gasteiger partial charge in [-0.2, -0.15) is 5.26 Å². The van der Waals surface area contributed by atoms with Crippen molar-refractivity contribution < 1.29 is 43.9 Å². The summed E-state index contributed by atoms with van der Waals surface area (Å²) in [6, 6.07) is 8.92. The minimum atomic E-state index is -1.27. The number of aliphatic carboxylic acids is 2. The second-order valence-electron chi connectivity index (χ2n) is 13.2. The number of aliphatic hydroxyl groups is 1. The van der Waals surface area contributed by atoms with Crippen molar-refractivity contribution in [3.8, 4) is 11.8 Å². The van der Waals surface area contributed by atoms with Gasteiger partial charge < -0.3 is 34.8 Å². The van der Waals surface area contributed by atoms with E-state index in [-0.39, 0.29) is 18.8 Å². The number of carbonyl (C=O) groups is 3. The molecule has 246 valence electrons. The molecule has 44 heavy (non-hydrogen) atoms. The van der Waals surface area contributed by atoms with Crippen molar-refractivity contribution in [2.75, 3.05) is 52.4 Å². The second kappa shape index (κ2) is 15.5. The quantitative estimate of drug-likeness (QED) is 0.284. The number of hydrogen-bond donors (Lipinski definition) is 4. The van der Waals surface area contributed by atoms with Crippen LogP contribution in [0, 0.1) is 22.2 Å². The molecule has 2 saturated heterocycles. The van der Waals surface area contributed by atoms with Crippen LogP contribution in [0.2, 0.25) is 0 Å². The number of benzene rings is 1. The lowest BCUT2D eigenvalue weighted by atomic mass is 9.68. The number of hydrogen-bond acceptors (Lipinski definition) is 10. The topological polar surface area (TPSA) is 182 Å². The molecule has 2 aliphatic rings. The van der Waals surface area contributed by atoms with E-state index < -0.39 is 40.6 Å². The number of nitrogens with one attached hydrogen (secondary N) is 1. The number of alkyl carbamates (subject to hydrolysis) is 1. The zero-order valence-corrected chi connectivity index (χ0v) is 26.8. The Morgan fingerprint density at radius 3 is 1.91 bits per heavy atom. The van der Waals surface area contributed by atoms with Crippen LogP contribution in [0.5, 0.6) is 5.75 Å². The van der Waals surface area contributed by atoms with E-state index in [1.807, 2.05) is 20.8 Å². The van der Waals surface area contributed by atoms with E-state index in [1.54, 1.807) is 24.3 Å². The third-order valence-electron chi connectivity index (χ3n) is 7.86. The van der Waals surface area contributed by atoms with E-state index in [1.165, 1.54) is 27.7 Å². The first-order chi connectivity index (χ1) is 20.3. The molecule has 2 aliphatic heterocycles. The summed E-state index contributed by atoms with van der Waals surface area (Å²) in [5, 5.41) is 39.6. The van der Waals surface area contributed by atoms with Gasteiger partial charge in [0, 0.05) is 45.8 Å². The van der Waals surface area contributed by atoms with Crippen molar-refractivity contribution in [2.24, 2.45) is 10.8 Å². The molecule has 0 aliphatic carbocycles. The first-order valence-electron chi connectivity index (χ1n) is 14.7. The molecule has 0 aromatic heterocycles. The van der Waals surface area contributed by atoms with Crippen molar-refractivity contribution in [1.82, 2.24) is 15.1 Å². The van der Waals surface area contributed by atoms with Crippen LogP contribution in [0.3, 0.4) is 0 Å². The second-order valence-corrected chi connectivity index (χ2v) is 13.2. The van der Waals surface area contributed by atoms with Crippen LogP contribution >= 0.6 is 0 Å². The van der Waals surface area contributed by atoms with E-state index in [2.05, 4.69) is 21.2 Å². The Hall–Kier alpha value is -3.44. The number of fused-ring (bicyclic) bond motifs is 2. The van der Waals surface area contributed by atoms with Gasteiger partial charge in [-0.1, -0.05) is 0 Å². The molecule has 13 nitrogen and oxygen atoms in total. The Labute approximate surface area is 259 Å². The lowest BCUT2D eigenvalue weighted by molar-refractivity contribution is -0.167. The normalized spacial score (nSPS) is 19.9. The average molecular weight is 621 g/mol. The summed E-state index contributed by atoms with van der Waals surface area (Å²) in [5.41, 5.74) is -2.45. The molecule has 13 heteroatoms. The molecule has 0 saturated carbocycles. The third-order valence-corrected chi connectivity index (χ3v) is 7.86. The van der Waals surface area contributed by atoms with Gasteiger partial charge in [0.25, 0.3) is 0 Å². The predicted molar refractivity (Wildman–Crippen MR) is 161 cm³/mol. The van der Waals surface area contributed by atoms with Crippen LogP contribution < -0.4 is 10.1 Å². The molecular weight excluding hydrogens is 572 g/mol. The monoisotopic (exact) mass is 620 g/mol. The minimum absolute atomic E-state index is 0.0793. The number of β-amino-alcohol motifs (C(OH)–C–C–N with tert-alkyl or cyclic N) is 1. The number of rotatable bonds is 11. The first-order valence-corrected chi connectivity index (χ1v) is 14.7. The lowest BCUT2D eigenvalue weighted by Crippen LogP contribution is -2.61. The Balaban J connectivity index is 0.000000477. The van der Waals surface area contributed by atoms with E-state index >= 15 is 0 Å². The number of nitriles is 1. The molecule has 4 N–H and O–H groups in total. The molecule has 3 rings (SSSR count). The third kappa shape index (κ3) is 11.2. The highest BCUT2D eigenvalue weighted by atomic mass is 16.6. The first kappa shape index (κ1) is 36.8. The molecule has 2 fully saturated rings. The summed E-state index contributed by atoms with van der Waals surface area (Å²) >= 11 is 0. The summed E-state index contributed by atoms with van der Waals surface area (Å²) in [6.07, 6.45) is -0.848. The molecular formula is C31H48N4O9. The number of amides is 1. The molecule has 0 radical (unpaired) electrons. The number of carboxylic acids is 2. The molecule has 3 atom stereocenters. The number of morpholine rings is 2. The van der Waals surface area contributed by atoms with Crippen molar-refractivity contribution in [3.63, 3.8) is 0 Å². The zero-order chi connectivity index (χ0) is 33.3. The fourth-order valence-corrected chi connectivity index (χ4v) is 4.53. The van der Waals surface area contributed by atoms with Crippen molar-refractivity contribution >= 4 is 18.0 Å². The molecule has 2 bridgehead atoms. The van der Waals surface area contributed by atoms with Crippen LogP contribution in [0.25, 0.3) is 0 Å². The van der Waals surface area contributed by atoms with Crippen LogP contribution in [0.4, 0.5) is 4.79 Å². The van der Waals surface area contributed by atoms with Gasteiger partial charge in [-0.3, -0.25) is 19.4 Å². The summed E-state index contributed by atoms with van der Waals surface area (Å²) < 4.78 is 17.0. The predicted octanol–water partition coefficient (Wildman–Crippen LogP) is 2.42. The van der Waals surface area contributed by atoms with Gasteiger partial charge in [-0.25, -0.2) is 4.79 Å². The number of aliphatic hydroxyl groups excluding tert-OH is 1. The summed E-state index contributed by atoms with van der Waals surface area (Å²) in [7, 11) is 0. The molecule has 2 unspecified atom stereocenters. The number of nitrogens with zero attached hydrogens (tertiary/aromatic N) is 3. The van der Waals surface area contributed by atoms with E-state index in [9.17, 15) is 19.5 Å². The molecule has 1 amide bonds. The van der Waals surface area contributed by atoms with Crippen LogP contribution in [0.1, 0.15) is 54.0 Å². The Kier molecular flexibility index (Phi) is 13.0. The summed E-state index contributed by atoms with van der Waals surface area (Å²) in [6.45, 7) is 16.2. The largest absolute Gasteiger partial charge is 0.491 e. The van der Waals surface area contributed by atoms with Crippen LogP contribution in [-0.2, 0) is 19.1 Å². The van der Waals surface area contributed by atoms with Crippen molar-refractivity contribution in [1.29, 1.82) is 5.26 Å². The maximum atomic E-state index is 11.8. The Morgan fingerprint density at radius 2 is 1.45 bits per heavy atom. The Morgan fingerprint density at radius 1 is 0.955 bits per heavy atom. The highest BCUT2D eigenvalue weighted by Crippen LogP contribution is 2.38. The average Bonchev–Trinajstić information content (AvgIpc) is 2.90. The highest BCUT2D eigenvalue weighted by molar-refractivity contribution is 5.85. The highest BCUT2D eigenvalue weighted by Gasteiger charge is 2.48. The van der Waals surface area contributed by atoms with Crippen molar-refractivity contribution in [2.45, 2.75) is 72.4 Å². The molecule has 1 aromatic rings. The standard InChI is InChI=1S/C23H34N4O5.C8H14O4/c1-23(2,3)32-22(29)25-8-9-26-12-20-14-27(15-21(13-26)31-20)11-18(28)16-30-19-6-4-17(10-24)5-7-19;1-7(2,5(9)10)8(3,4)6(11)12/h4-7,18,20-21,28H,8-9,11-16H2,1-3H3,(H,25,29);1-4H3,(H,9,10)(H,11,12)/t18-,20?,21?;/m0./s1. The fourth-order valence-electron chi connectivity index (χ4n) is 4.53. The zero-order valence-electron chi connectivity index (χ0n) is 26.8. The van der Waals surface area contributed by atoms with Crippen LogP contribution in [-0.4, -0.2) is 119 Å². The maximum absolute atomic E-state index is 11.8. The maximum Gasteiger partial charge on any atom is 0.407 e. The van der Waals surface area contributed by atoms with Gasteiger partial charge >= 0.3 is 18.0 Å². The summed E-state index contributed by atoms with van der Waals surface area (Å²) in [4.78, 5) is 37.7. The van der Waals surface area contributed by atoms with Gasteiger partial charge in [-0.05, 0) is 72.7 Å². The lowest BCUT2D eigenvalue weighted by Gasteiger charge is -2.46. The molecule has 0 spiro atoms. The minimum Gasteiger partial charge on any atom is -0.491 e. The summed E-state index contributed by atoms with van der Waals surface area (Å²) in [5.74, 6) is -1.57. The van der Waals surface area contributed by atoms with Crippen LogP contribution in [0.15, 0.2) is 24.3 Å². The fraction of sp³-hybridized carbons (Fsp3) is 0.677. The van der Waals surface area contributed by atoms with Gasteiger partial charge in [0.2, 0.25) is 0 Å². The Bertz CT molecular complexity index is 1120. The van der Waals surface area contributed by atoms with Crippen molar-refractivity contribution in [3.05, 3.63) is 29.8 Å². The van der Waals surface area contributed by atoms with Gasteiger partial charge in [-0.15, -0.1) is 0 Å². The smallest absolute Gasteiger partial charge is 0.407 e. The van der Waals surface area contributed by atoms with E-state index in [0.717, 1.165) is 32.7 Å². The van der Waals surface area contributed by atoms with E-state index in [4.69, 9.17) is 29.7 Å². The molecule has 2 heterocycles. The molecule has 1 aromatic carbocycles. The van der Waals surface area contributed by atoms with Gasteiger partial charge in [0.05, 0.1) is 34.7 Å². The number of ether oxygens (including phenoxy) is 3. The number of carbonyl (C=O) groups excluding carboxylic acids is 1. The SMILES string of the molecule is CC(C)(C(=O)O)C(C)(C)C(=O)O.CC(C)(C)OC(=O)NCCN1CC2CN(C[C@H](O)COc3ccc(C#N)cc3)CC(C1)O2. The van der Waals surface area contributed by atoms with E-state index in [0.29, 0.717) is 24.4 Å².